The van der Waals surface area contributed by atoms with Crippen molar-refractivity contribution in [2.24, 2.45) is 0 Å². The minimum absolute atomic E-state index is 0.105. The lowest BCUT2D eigenvalue weighted by Crippen LogP contribution is -2.31. The van der Waals surface area contributed by atoms with E-state index in [9.17, 15) is 9.59 Å². The topological polar surface area (TPSA) is 77.3 Å². The van der Waals surface area contributed by atoms with Crippen LogP contribution in [0.2, 0.25) is 0 Å². The smallest absolute Gasteiger partial charge is 0.378 e. The Labute approximate surface area is 185 Å². The summed E-state index contributed by atoms with van der Waals surface area (Å²) in [5.41, 5.74) is 2.56. The van der Waals surface area contributed by atoms with Crippen LogP contribution in [0.3, 0.4) is 0 Å². The molecule has 0 N–H and O–H groups in total. The summed E-state index contributed by atoms with van der Waals surface area (Å²) in [6.07, 6.45) is 0. The molecule has 0 spiro atoms. The summed E-state index contributed by atoms with van der Waals surface area (Å²) in [6.45, 7) is 0.0407. The van der Waals surface area contributed by atoms with Gasteiger partial charge in [-0.25, -0.2) is 14.5 Å². The third kappa shape index (κ3) is 4.89. The largest absolute Gasteiger partial charge is 0.450 e. The summed E-state index contributed by atoms with van der Waals surface area (Å²) in [7, 11) is 1.67. The number of ether oxygens (including phenoxy) is 1. The molecule has 7 nitrogen and oxygen atoms in total. The van der Waals surface area contributed by atoms with Crippen molar-refractivity contribution in [3.63, 3.8) is 0 Å². The van der Waals surface area contributed by atoms with Crippen molar-refractivity contribution in [3.05, 3.63) is 102 Å². The first-order valence-corrected chi connectivity index (χ1v) is 10.1. The fourth-order valence-electron chi connectivity index (χ4n) is 3.17. The van der Waals surface area contributed by atoms with E-state index in [2.05, 4.69) is 10.1 Å². The monoisotopic (exact) mass is 426 g/mol. The van der Waals surface area contributed by atoms with Crippen LogP contribution >= 0.6 is 0 Å². The first-order valence-electron chi connectivity index (χ1n) is 10.1. The average Bonchev–Trinajstić information content (AvgIpc) is 3.30. The highest BCUT2D eigenvalue weighted by Crippen LogP contribution is 2.21. The van der Waals surface area contributed by atoms with Crippen molar-refractivity contribution >= 4 is 11.9 Å². The lowest BCUT2D eigenvalue weighted by Gasteiger charge is -2.16. The summed E-state index contributed by atoms with van der Waals surface area (Å²) >= 11 is 0. The molecule has 160 valence electrons. The molecule has 0 radical (unpaired) electrons. The Hall–Kier alpha value is -4.26. The Kier molecular flexibility index (Phi) is 6.36. The number of carbonyl (C=O) groups is 2. The van der Waals surface area contributed by atoms with E-state index in [0.29, 0.717) is 12.4 Å². The molecule has 1 aromatic heterocycles. The van der Waals surface area contributed by atoms with Crippen LogP contribution < -0.4 is 0 Å². The number of hydrogen-bond donors (Lipinski definition) is 0. The van der Waals surface area contributed by atoms with Gasteiger partial charge in [0.15, 0.2) is 12.4 Å². The van der Waals surface area contributed by atoms with Gasteiger partial charge in [0.2, 0.25) is 0 Å². The zero-order valence-corrected chi connectivity index (χ0v) is 17.6. The molecule has 0 fully saturated rings. The lowest BCUT2D eigenvalue weighted by molar-refractivity contribution is -0.133. The van der Waals surface area contributed by atoms with Gasteiger partial charge in [-0.15, -0.1) is 5.10 Å². The number of esters is 1. The molecule has 0 unspecified atom stereocenters. The molecule has 4 rings (SSSR count). The zero-order valence-electron chi connectivity index (χ0n) is 17.6. The maximum Gasteiger partial charge on any atom is 0.378 e. The summed E-state index contributed by atoms with van der Waals surface area (Å²) in [5, 5.41) is 4.35. The number of aromatic nitrogens is 3. The molecule has 0 saturated heterocycles. The average molecular weight is 426 g/mol. The zero-order chi connectivity index (χ0) is 22.3. The van der Waals surface area contributed by atoms with Gasteiger partial charge in [0.25, 0.3) is 11.7 Å². The van der Waals surface area contributed by atoms with Gasteiger partial charge in [-0.2, -0.15) is 0 Å². The van der Waals surface area contributed by atoms with E-state index in [1.165, 1.54) is 4.90 Å². The number of benzene rings is 3. The minimum Gasteiger partial charge on any atom is -0.450 e. The normalized spacial score (nSPS) is 10.5. The molecule has 0 aliphatic carbocycles. The maximum absolute atomic E-state index is 12.6. The molecule has 0 saturated carbocycles. The van der Waals surface area contributed by atoms with Gasteiger partial charge in [-0.3, -0.25) is 4.79 Å². The Morgan fingerprint density at radius 1 is 0.875 bits per heavy atom. The highest BCUT2D eigenvalue weighted by molar-refractivity contribution is 5.88. The van der Waals surface area contributed by atoms with E-state index in [0.717, 1.165) is 16.8 Å². The third-order valence-electron chi connectivity index (χ3n) is 4.84. The molecule has 0 atom stereocenters. The Bertz CT molecular complexity index is 1130. The van der Waals surface area contributed by atoms with E-state index in [4.69, 9.17) is 4.74 Å². The van der Waals surface area contributed by atoms with E-state index in [1.54, 1.807) is 11.7 Å². The first kappa shape index (κ1) is 21.0. The maximum atomic E-state index is 12.6. The molecule has 1 amide bonds. The predicted molar refractivity (Wildman–Crippen MR) is 120 cm³/mol. The van der Waals surface area contributed by atoms with Gasteiger partial charge in [0, 0.05) is 19.2 Å². The van der Waals surface area contributed by atoms with Crippen molar-refractivity contribution in [3.8, 4) is 17.1 Å². The summed E-state index contributed by atoms with van der Waals surface area (Å²) in [6, 6.07) is 28.5. The molecule has 3 aromatic carbocycles. The van der Waals surface area contributed by atoms with E-state index < -0.39 is 5.97 Å². The van der Waals surface area contributed by atoms with Gasteiger partial charge in [-0.1, -0.05) is 78.9 Å². The third-order valence-corrected chi connectivity index (χ3v) is 4.84. The number of amides is 1. The van der Waals surface area contributed by atoms with Gasteiger partial charge in [0.1, 0.15) is 0 Å². The van der Waals surface area contributed by atoms with E-state index in [1.807, 2.05) is 91.0 Å². The highest BCUT2D eigenvalue weighted by atomic mass is 16.5. The van der Waals surface area contributed by atoms with Crippen LogP contribution in [-0.4, -0.2) is 45.2 Å². The van der Waals surface area contributed by atoms with Crippen LogP contribution in [-0.2, 0) is 16.1 Å². The second-order valence-corrected chi connectivity index (χ2v) is 7.18. The van der Waals surface area contributed by atoms with Crippen molar-refractivity contribution < 1.29 is 14.3 Å². The number of rotatable bonds is 7. The van der Waals surface area contributed by atoms with E-state index in [-0.39, 0.29) is 18.3 Å². The summed E-state index contributed by atoms with van der Waals surface area (Å²) in [5.74, 6) is -0.659. The summed E-state index contributed by atoms with van der Waals surface area (Å²) in [4.78, 5) is 30.9. The van der Waals surface area contributed by atoms with Gasteiger partial charge >= 0.3 is 5.97 Å². The van der Waals surface area contributed by atoms with Gasteiger partial charge in [0.05, 0.1) is 5.69 Å². The van der Waals surface area contributed by atoms with Crippen LogP contribution in [0.25, 0.3) is 17.1 Å². The fourth-order valence-corrected chi connectivity index (χ4v) is 3.17. The highest BCUT2D eigenvalue weighted by Gasteiger charge is 2.21. The predicted octanol–water partition coefficient (Wildman–Crippen LogP) is 3.75. The van der Waals surface area contributed by atoms with Crippen LogP contribution in [0.4, 0.5) is 0 Å². The molecule has 7 heteroatoms. The lowest BCUT2D eigenvalue weighted by atomic mass is 10.2. The van der Waals surface area contributed by atoms with Crippen molar-refractivity contribution in [1.29, 1.82) is 0 Å². The molecule has 4 aromatic rings. The quantitative estimate of drug-likeness (QED) is 0.421. The van der Waals surface area contributed by atoms with E-state index >= 15 is 0 Å². The number of nitrogens with zero attached hydrogens (tertiary/aromatic N) is 4. The second-order valence-electron chi connectivity index (χ2n) is 7.18. The van der Waals surface area contributed by atoms with Gasteiger partial charge in [-0.05, 0) is 17.7 Å². The fraction of sp³-hybridized carbons (Fsp3) is 0.120. The Morgan fingerprint density at radius 2 is 1.47 bits per heavy atom. The first-order chi connectivity index (χ1) is 15.6. The number of carbonyl (C=O) groups excluding carboxylic acids is 2. The number of likely N-dealkylation sites (N-methyl/N-ethyl adjacent to an activating group) is 1. The Morgan fingerprint density at radius 3 is 2.12 bits per heavy atom. The standard InChI is InChI=1S/C25H22N4O3/c1-28(17-19-11-5-2-6-12-19)22(30)18-32-25(31)23-26-24(20-13-7-3-8-14-20)29(27-23)21-15-9-4-10-16-21/h2-16H,17-18H2,1H3. The SMILES string of the molecule is CN(Cc1ccccc1)C(=O)COC(=O)c1nc(-c2ccccc2)n(-c2ccccc2)n1. The molecular weight excluding hydrogens is 404 g/mol. The van der Waals surface area contributed by atoms with Crippen molar-refractivity contribution in [2.45, 2.75) is 6.54 Å². The van der Waals surface area contributed by atoms with Crippen LogP contribution in [0, 0.1) is 0 Å². The minimum atomic E-state index is -0.752. The number of para-hydroxylation sites is 1. The molecule has 32 heavy (non-hydrogen) atoms. The number of hydrogen-bond acceptors (Lipinski definition) is 5. The van der Waals surface area contributed by atoms with Crippen molar-refractivity contribution in [1.82, 2.24) is 19.7 Å². The summed E-state index contributed by atoms with van der Waals surface area (Å²) < 4.78 is 6.81. The van der Waals surface area contributed by atoms with Crippen LogP contribution in [0.5, 0.6) is 0 Å². The van der Waals surface area contributed by atoms with Crippen LogP contribution in [0.1, 0.15) is 16.2 Å². The molecule has 1 heterocycles. The Balaban J connectivity index is 1.49. The van der Waals surface area contributed by atoms with Crippen molar-refractivity contribution in [2.75, 3.05) is 13.7 Å². The molecule has 0 aliphatic rings. The molecule has 0 bridgehead atoms. The molecular formula is C25H22N4O3. The molecule has 0 aliphatic heterocycles. The second kappa shape index (κ2) is 9.70. The van der Waals surface area contributed by atoms with Gasteiger partial charge < -0.3 is 9.64 Å². The van der Waals surface area contributed by atoms with Crippen LogP contribution in [0.15, 0.2) is 91.0 Å².